The Morgan fingerprint density at radius 1 is 0.780 bits per heavy atom. The van der Waals surface area contributed by atoms with Crippen molar-refractivity contribution in [3.8, 4) is 5.75 Å². The lowest BCUT2D eigenvalue weighted by atomic mass is 9.77. The molecule has 1 aromatic heterocycles. The number of hydrogen-bond acceptors (Lipinski definition) is 6. The van der Waals surface area contributed by atoms with Gasteiger partial charge in [0.05, 0.1) is 36.6 Å². The Bertz CT molecular complexity index is 2490. The van der Waals surface area contributed by atoms with Crippen LogP contribution in [0.4, 0.5) is 20.6 Å². The predicted octanol–water partition coefficient (Wildman–Crippen LogP) is 9.14. The Morgan fingerprint density at radius 3 is 2.03 bits per heavy atom. The van der Waals surface area contributed by atoms with E-state index in [4.69, 9.17) is 14.7 Å². The average Bonchev–Trinajstić information content (AvgIpc) is 3.71. The number of carbonyl (C=O) groups excluding carboxylic acids is 2. The van der Waals surface area contributed by atoms with E-state index in [1.807, 2.05) is 85.2 Å². The van der Waals surface area contributed by atoms with Crippen LogP contribution >= 0.6 is 11.8 Å². The molecule has 0 radical (unpaired) electrons. The number of benzene rings is 6. The molecule has 1 aliphatic rings. The molecule has 2 heterocycles. The minimum atomic E-state index is -1.43. The summed E-state index contributed by atoms with van der Waals surface area (Å²) in [7, 11) is 0. The van der Waals surface area contributed by atoms with E-state index in [1.165, 1.54) is 6.07 Å². The fourth-order valence-corrected chi connectivity index (χ4v) is 7.78. The molecule has 0 bridgehead atoms. The molecule has 1 aliphatic heterocycles. The summed E-state index contributed by atoms with van der Waals surface area (Å²) < 4.78 is 23.5. The van der Waals surface area contributed by atoms with Gasteiger partial charge in [0.25, 0.3) is 5.91 Å². The number of rotatable bonds is 13. The third-order valence-corrected chi connectivity index (χ3v) is 10.7. The number of nitrogens with one attached hydrogen (secondary N) is 2. The monoisotopic (exact) mass is 800 g/mol. The van der Waals surface area contributed by atoms with Gasteiger partial charge in [-0.05, 0) is 53.3 Å². The van der Waals surface area contributed by atoms with E-state index in [0.29, 0.717) is 35.0 Å². The highest BCUT2D eigenvalue weighted by molar-refractivity contribution is 7.98. The SMILES string of the molecule is CSCCOc1cccc(NC(=O)N[C@@H]2N=C(c3ccccc3F)c3ccccc3N(Cc3cn(C(c4ccccc4)(c4ccccc4)c4ccccc4)cn3)C2=O)c1. The summed E-state index contributed by atoms with van der Waals surface area (Å²) in [5.41, 5.74) is 4.73. The molecule has 8 rings (SSSR count). The number of imidazole rings is 1. The zero-order valence-corrected chi connectivity index (χ0v) is 33.1. The van der Waals surface area contributed by atoms with E-state index >= 15 is 4.39 Å². The summed E-state index contributed by atoms with van der Waals surface area (Å²) >= 11 is 1.67. The zero-order valence-electron chi connectivity index (χ0n) is 32.2. The first-order valence-electron chi connectivity index (χ1n) is 19.2. The molecular weight excluding hydrogens is 760 g/mol. The molecule has 9 nitrogen and oxygen atoms in total. The number of anilines is 2. The third kappa shape index (κ3) is 8.10. The van der Waals surface area contributed by atoms with E-state index in [-0.39, 0.29) is 17.8 Å². The number of fused-ring (bicyclic) bond motifs is 1. The molecule has 0 spiro atoms. The lowest BCUT2D eigenvalue weighted by Gasteiger charge is -2.37. The van der Waals surface area contributed by atoms with Crippen molar-refractivity contribution in [1.82, 2.24) is 14.9 Å². The van der Waals surface area contributed by atoms with Crippen LogP contribution in [0.3, 0.4) is 0 Å². The second-order valence-electron chi connectivity index (χ2n) is 13.8. The van der Waals surface area contributed by atoms with Crippen LogP contribution in [0.5, 0.6) is 5.75 Å². The van der Waals surface area contributed by atoms with Gasteiger partial charge in [0.2, 0.25) is 6.17 Å². The van der Waals surface area contributed by atoms with Gasteiger partial charge in [-0.25, -0.2) is 19.2 Å². The van der Waals surface area contributed by atoms with E-state index < -0.39 is 29.5 Å². The fourth-order valence-electron chi connectivity index (χ4n) is 7.53. The lowest BCUT2D eigenvalue weighted by molar-refractivity contribution is -0.120. The Balaban J connectivity index is 1.18. The molecule has 6 aromatic carbocycles. The summed E-state index contributed by atoms with van der Waals surface area (Å²) in [4.78, 5) is 39.8. The quantitative estimate of drug-likeness (QED) is 0.0896. The molecule has 0 fully saturated rings. The number of thioether (sulfide) groups is 1. The number of carbonyl (C=O) groups is 2. The second kappa shape index (κ2) is 17.7. The highest BCUT2D eigenvalue weighted by atomic mass is 32.2. The number of benzodiazepines with no additional fused rings is 1. The highest BCUT2D eigenvalue weighted by Gasteiger charge is 2.39. The van der Waals surface area contributed by atoms with Gasteiger partial charge < -0.3 is 24.8 Å². The van der Waals surface area contributed by atoms with Crippen molar-refractivity contribution in [3.63, 3.8) is 0 Å². The van der Waals surface area contributed by atoms with Crippen molar-refractivity contribution in [2.24, 2.45) is 4.99 Å². The van der Waals surface area contributed by atoms with Gasteiger partial charge in [-0.1, -0.05) is 127 Å². The van der Waals surface area contributed by atoms with E-state index in [9.17, 15) is 9.59 Å². The minimum absolute atomic E-state index is 0.0204. The van der Waals surface area contributed by atoms with E-state index in [0.717, 1.165) is 22.4 Å². The molecule has 0 saturated carbocycles. The highest BCUT2D eigenvalue weighted by Crippen LogP contribution is 2.41. The summed E-state index contributed by atoms with van der Waals surface area (Å²) in [5, 5.41) is 5.59. The fraction of sp³-hybridized carbons (Fsp3) is 0.125. The van der Waals surface area contributed by atoms with Crippen molar-refractivity contribution in [1.29, 1.82) is 0 Å². The van der Waals surface area contributed by atoms with E-state index in [1.54, 1.807) is 71.5 Å². The normalized spacial score (nSPS) is 13.9. The molecule has 0 aliphatic carbocycles. The van der Waals surface area contributed by atoms with E-state index in [2.05, 4.69) is 51.6 Å². The number of urea groups is 1. The van der Waals surface area contributed by atoms with Crippen LogP contribution in [0.25, 0.3) is 0 Å². The van der Waals surface area contributed by atoms with Crippen LogP contribution in [0, 0.1) is 5.82 Å². The number of amides is 3. The Labute approximate surface area is 346 Å². The van der Waals surface area contributed by atoms with Crippen molar-refractivity contribution < 1.29 is 18.7 Å². The molecule has 0 saturated heterocycles. The van der Waals surface area contributed by atoms with Gasteiger partial charge in [0.15, 0.2) is 0 Å². The molecule has 7 aromatic rings. The summed E-state index contributed by atoms with van der Waals surface area (Å²) in [5.74, 6) is 0.376. The number of ether oxygens (including phenoxy) is 1. The maximum absolute atomic E-state index is 15.6. The van der Waals surface area contributed by atoms with Crippen molar-refractivity contribution >= 4 is 40.8 Å². The first kappa shape index (κ1) is 38.9. The Morgan fingerprint density at radius 2 is 1.39 bits per heavy atom. The molecule has 59 heavy (non-hydrogen) atoms. The number of aliphatic imine (C=N–C) groups is 1. The first-order valence-corrected chi connectivity index (χ1v) is 20.6. The van der Waals surface area contributed by atoms with Crippen molar-refractivity contribution in [2.45, 2.75) is 18.2 Å². The maximum Gasteiger partial charge on any atom is 0.321 e. The summed E-state index contributed by atoms with van der Waals surface area (Å²) in [6, 6.07) is 50.6. The van der Waals surface area contributed by atoms with Gasteiger partial charge in [-0.3, -0.25) is 4.79 Å². The minimum Gasteiger partial charge on any atom is -0.493 e. The molecule has 11 heteroatoms. The molecule has 3 amide bonds. The predicted molar refractivity (Wildman–Crippen MR) is 233 cm³/mol. The van der Waals surface area contributed by atoms with Crippen molar-refractivity contribution in [3.05, 3.63) is 216 Å². The Hall–Kier alpha value is -6.98. The largest absolute Gasteiger partial charge is 0.493 e. The maximum atomic E-state index is 15.6. The van der Waals surface area contributed by atoms with Gasteiger partial charge in [-0.15, -0.1) is 0 Å². The first-order chi connectivity index (χ1) is 28.9. The van der Waals surface area contributed by atoms with Crippen LogP contribution in [0.2, 0.25) is 0 Å². The Kier molecular flexibility index (Phi) is 11.6. The van der Waals surface area contributed by atoms with Gasteiger partial charge in [0, 0.05) is 34.8 Å². The topological polar surface area (TPSA) is 101 Å². The van der Waals surface area contributed by atoms with Crippen LogP contribution in [0.15, 0.2) is 181 Å². The van der Waals surface area contributed by atoms with Gasteiger partial charge in [0.1, 0.15) is 17.1 Å². The zero-order chi connectivity index (χ0) is 40.6. The molecule has 2 N–H and O–H groups in total. The number of aromatic nitrogens is 2. The van der Waals surface area contributed by atoms with Crippen LogP contribution in [0.1, 0.15) is 33.5 Å². The standard InChI is InChI=1S/C48H41FN6O3S/c1-59-29-28-58-39-23-15-22-37(30-39)51-47(57)53-45-46(56)55(43-27-14-12-25-41(43)44(52-45)40-24-11-13-26-42(40)49)32-38-31-54(33-50-38)48(34-16-5-2-6-17-34,35-18-7-3-8-19-35)36-20-9-4-10-21-36/h2-27,30-31,33,45H,28-29,32H2,1H3,(H2,51,53,57)/t45-/m0/s1. The molecular formula is C48H41FN6O3S. The van der Waals surface area contributed by atoms with Crippen molar-refractivity contribution in [2.75, 3.05) is 28.8 Å². The lowest BCUT2D eigenvalue weighted by Crippen LogP contribution is -2.48. The average molecular weight is 801 g/mol. The van der Waals surface area contributed by atoms with Gasteiger partial charge in [-0.2, -0.15) is 11.8 Å². The number of halogens is 1. The van der Waals surface area contributed by atoms with Crippen LogP contribution < -0.4 is 20.3 Å². The van der Waals surface area contributed by atoms with Crippen LogP contribution in [-0.2, 0) is 16.9 Å². The third-order valence-electron chi connectivity index (χ3n) is 10.2. The molecule has 1 atom stereocenters. The number of hydrogen-bond donors (Lipinski definition) is 2. The van der Waals surface area contributed by atoms with Crippen LogP contribution in [-0.4, -0.2) is 52.0 Å². The van der Waals surface area contributed by atoms with Gasteiger partial charge >= 0.3 is 6.03 Å². The number of para-hydroxylation sites is 1. The second-order valence-corrected chi connectivity index (χ2v) is 14.8. The summed E-state index contributed by atoms with van der Waals surface area (Å²) in [6.45, 7) is 0.536. The smallest absolute Gasteiger partial charge is 0.321 e. The molecule has 294 valence electrons. The summed E-state index contributed by atoms with van der Waals surface area (Å²) in [6.07, 6.45) is 4.31. The number of nitrogens with zero attached hydrogens (tertiary/aromatic N) is 4. The molecule has 0 unspecified atom stereocenters.